The molecule has 1 aliphatic heterocycles. The summed E-state index contributed by atoms with van der Waals surface area (Å²) < 4.78 is 34.2. The van der Waals surface area contributed by atoms with Crippen LogP contribution in [0.2, 0.25) is 0 Å². The van der Waals surface area contributed by atoms with E-state index in [4.69, 9.17) is 4.74 Å². The van der Waals surface area contributed by atoms with Gasteiger partial charge in [-0.15, -0.1) is 0 Å². The Morgan fingerprint density at radius 1 is 1.24 bits per heavy atom. The van der Waals surface area contributed by atoms with Crippen molar-refractivity contribution in [2.24, 2.45) is 4.99 Å². The number of piperidine rings is 1. The second-order valence-corrected chi connectivity index (χ2v) is 8.43. The van der Waals surface area contributed by atoms with Gasteiger partial charge in [0.15, 0.2) is 0 Å². The van der Waals surface area contributed by atoms with E-state index in [0.29, 0.717) is 24.6 Å². The second kappa shape index (κ2) is 11.8. The van der Waals surface area contributed by atoms with Gasteiger partial charge in [-0.05, 0) is 55.7 Å². The Kier molecular flexibility index (Phi) is 8.85. The molecule has 0 atom stereocenters. The van der Waals surface area contributed by atoms with Gasteiger partial charge in [0.05, 0.1) is 5.69 Å². The van der Waals surface area contributed by atoms with Crippen molar-refractivity contribution in [1.82, 2.24) is 4.90 Å². The Morgan fingerprint density at radius 2 is 1.94 bits per heavy atom. The van der Waals surface area contributed by atoms with Crippen LogP contribution in [0.4, 0.5) is 14.5 Å². The van der Waals surface area contributed by atoms with Crippen molar-refractivity contribution in [2.45, 2.75) is 52.7 Å². The molecule has 1 heterocycles. The zero-order valence-electron chi connectivity index (χ0n) is 20.6. The number of likely N-dealkylation sites (tertiary alicyclic amines) is 1. The number of allylic oxidation sites excluding steroid dienone is 1. The molecule has 6 heteroatoms. The number of nitrogens with zero attached hydrogens (tertiary/aromatic N) is 3. The first-order chi connectivity index (χ1) is 16.4. The van der Waals surface area contributed by atoms with Crippen molar-refractivity contribution in [3.63, 3.8) is 0 Å². The largest absolute Gasteiger partial charge is 0.490 e. The predicted molar refractivity (Wildman–Crippen MR) is 138 cm³/mol. The zero-order chi connectivity index (χ0) is 24.7. The fourth-order valence-corrected chi connectivity index (χ4v) is 4.43. The van der Waals surface area contributed by atoms with E-state index in [2.05, 4.69) is 36.7 Å². The number of anilines is 1. The lowest BCUT2D eigenvalue weighted by Gasteiger charge is -2.39. The van der Waals surface area contributed by atoms with Crippen LogP contribution >= 0.6 is 0 Å². The number of ether oxygens (including phenoxy) is 1. The van der Waals surface area contributed by atoms with Gasteiger partial charge < -0.3 is 9.64 Å². The summed E-state index contributed by atoms with van der Waals surface area (Å²) in [4.78, 5) is 7.37. The molecule has 4 nitrogen and oxygen atoms in total. The molecule has 1 fully saturated rings. The molecule has 0 unspecified atom stereocenters. The standard InChI is InChI=1S/C28H35F2N3O/c1-6-10-22-19-24(13-14-25(22)26(7-2)31-5)34-23-15-17-32(18-16-23)21(4)33(28(29)30)27-12-9-8-11-20(27)3/h6,8-14,19,23,28H,4,7,15-18H2,1-3,5H3/b10-6+,31-26?. The van der Waals surface area contributed by atoms with Crippen molar-refractivity contribution in [3.8, 4) is 5.75 Å². The molecule has 182 valence electrons. The topological polar surface area (TPSA) is 28.1 Å². The maximum Gasteiger partial charge on any atom is 0.320 e. The number of halogens is 2. The van der Waals surface area contributed by atoms with Crippen molar-refractivity contribution >= 4 is 17.5 Å². The molecule has 1 saturated heterocycles. The van der Waals surface area contributed by atoms with E-state index < -0.39 is 6.55 Å². The number of alkyl halides is 2. The van der Waals surface area contributed by atoms with Crippen molar-refractivity contribution in [2.75, 3.05) is 25.0 Å². The molecule has 0 N–H and O–H groups in total. The van der Waals surface area contributed by atoms with Crippen LogP contribution in [-0.4, -0.2) is 43.4 Å². The van der Waals surface area contributed by atoms with E-state index in [0.717, 1.165) is 52.3 Å². The smallest absolute Gasteiger partial charge is 0.320 e. The summed E-state index contributed by atoms with van der Waals surface area (Å²) in [7, 11) is 1.82. The lowest BCUT2D eigenvalue weighted by molar-refractivity contribution is 0.101. The monoisotopic (exact) mass is 467 g/mol. The third-order valence-electron chi connectivity index (χ3n) is 6.24. The van der Waals surface area contributed by atoms with Gasteiger partial charge in [-0.1, -0.05) is 43.9 Å². The van der Waals surface area contributed by atoms with Gasteiger partial charge in [-0.2, -0.15) is 8.78 Å². The number of benzene rings is 2. The van der Waals surface area contributed by atoms with Gasteiger partial charge >= 0.3 is 6.55 Å². The Morgan fingerprint density at radius 3 is 2.53 bits per heavy atom. The third kappa shape index (κ3) is 5.85. The number of para-hydroxylation sites is 1. The van der Waals surface area contributed by atoms with E-state index >= 15 is 0 Å². The normalized spacial score (nSPS) is 15.3. The molecule has 0 radical (unpaired) electrons. The molecular formula is C28H35F2N3O. The van der Waals surface area contributed by atoms with Crippen molar-refractivity contribution in [3.05, 3.63) is 77.6 Å². The quantitative estimate of drug-likeness (QED) is 0.297. The van der Waals surface area contributed by atoms with Gasteiger partial charge in [-0.25, -0.2) is 0 Å². The van der Waals surface area contributed by atoms with Crippen LogP contribution < -0.4 is 9.64 Å². The van der Waals surface area contributed by atoms with Gasteiger partial charge in [-0.3, -0.25) is 9.89 Å². The van der Waals surface area contributed by atoms with Crippen LogP contribution in [0.1, 0.15) is 49.8 Å². The highest BCUT2D eigenvalue weighted by Crippen LogP contribution is 2.30. The van der Waals surface area contributed by atoms with E-state index in [9.17, 15) is 8.78 Å². The molecule has 0 aliphatic carbocycles. The number of aliphatic imine (C=N–C) groups is 1. The number of hydrogen-bond acceptors (Lipinski definition) is 4. The summed E-state index contributed by atoms with van der Waals surface area (Å²) in [5, 5.41) is 0. The first-order valence-corrected chi connectivity index (χ1v) is 11.9. The lowest BCUT2D eigenvalue weighted by atomic mass is 10.00. The fraction of sp³-hybridized carbons (Fsp3) is 0.393. The van der Waals surface area contributed by atoms with Crippen molar-refractivity contribution < 1.29 is 13.5 Å². The van der Waals surface area contributed by atoms with E-state index in [1.54, 1.807) is 12.1 Å². The summed E-state index contributed by atoms with van der Waals surface area (Å²) in [6, 6.07) is 13.3. The van der Waals surface area contributed by atoms with Crippen molar-refractivity contribution in [1.29, 1.82) is 0 Å². The van der Waals surface area contributed by atoms with Crippen LogP contribution in [0, 0.1) is 6.92 Å². The van der Waals surface area contributed by atoms with Gasteiger partial charge in [0, 0.05) is 44.3 Å². The van der Waals surface area contributed by atoms with E-state index in [-0.39, 0.29) is 6.10 Å². The average Bonchev–Trinajstić information content (AvgIpc) is 2.83. The SMILES string of the molecule is C=C(N1CCC(Oc2ccc(C(CC)=NC)c(/C=C/C)c2)CC1)N(c1ccccc1C)C(F)F. The Bertz CT molecular complexity index is 1040. The van der Waals surface area contributed by atoms with Crippen LogP contribution in [0.5, 0.6) is 5.75 Å². The Balaban J connectivity index is 1.67. The third-order valence-corrected chi connectivity index (χ3v) is 6.24. The average molecular weight is 468 g/mol. The molecule has 0 saturated carbocycles. The predicted octanol–water partition coefficient (Wildman–Crippen LogP) is 6.90. The molecule has 0 amide bonds. The number of hydrogen-bond donors (Lipinski definition) is 0. The second-order valence-electron chi connectivity index (χ2n) is 8.43. The molecule has 0 bridgehead atoms. The molecule has 1 aliphatic rings. The highest BCUT2D eigenvalue weighted by atomic mass is 19.3. The maximum absolute atomic E-state index is 14.0. The molecule has 2 aromatic rings. The summed E-state index contributed by atoms with van der Waals surface area (Å²) >= 11 is 0. The number of rotatable bonds is 9. The number of aryl methyl sites for hydroxylation is 1. The van der Waals surface area contributed by atoms with E-state index in [1.165, 1.54) is 0 Å². The van der Waals surface area contributed by atoms with Gasteiger partial charge in [0.2, 0.25) is 0 Å². The Hall–Kier alpha value is -3.15. The minimum absolute atomic E-state index is 0.0253. The molecule has 34 heavy (non-hydrogen) atoms. The molecule has 2 aromatic carbocycles. The minimum atomic E-state index is -2.66. The molecule has 3 rings (SSSR count). The fourth-order valence-electron chi connectivity index (χ4n) is 4.43. The Labute approximate surface area is 202 Å². The van der Waals surface area contributed by atoms with Crippen LogP contribution in [0.25, 0.3) is 6.08 Å². The highest BCUT2D eigenvalue weighted by molar-refractivity contribution is 6.03. The summed E-state index contributed by atoms with van der Waals surface area (Å²) in [6.45, 7) is 8.50. The first kappa shape index (κ1) is 25.5. The summed E-state index contributed by atoms with van der Waals surface area (Å²) in [5.41, 5.74) is 4.54. The van der Waals surface area contributed by atoms with Crippen LogP contribution in [0.3, 0.4) is 0 Å². The van der Waals surface area contributed by atoms with Gasteiger partial charge in [0.25, 0.3) is 0 Å². The minimum Gasteiger partial charge on any atom is -0.490 e. The zero-order valence-corrected chi connectivity index (χ0v) is 20.6. The van der Waals surface area contributed by atoms with Gasteiger partial charge in [0.1, 0.15) is 17.7 Å². The maximum atomic E-state index is 14.0. The summed E-state index contributed by atoms with van der Waals surface area (Å²) in [5.74, 6) is 1.14. The summed E-state index contributed by atoms with van der Waals surface area (Å²) in [6.07, 6.45) is 6.45. The highest BCUT2D eigenvalue weighted by Gasteiger charge is 2.29. The lowest BCUT2D eigenvalue weighted by Crippen LogP contribution is -2.44. The van der Waals surface area contributed by atoms with Crippen LogP contribution in [-0.2, 0) is 0 Å². The molecule has 0 spiro atoms. The van der Waals surface area contributed by atoms with Crippen LogP contribution in [0.15, 0.2) is 65.9 Å². The first-order valence-electron chi connectivity index (χ1n) is 11.9. The molecular weight excluding hydrogens is 432 g/mol. The molecule has 0 aromatic heterocycles. The van der Waals surface area contributed by atoms with E-state index in [1.807, 2.05) is 50.1 Å².